The van der Waals surface area contributed by atoms with Crippen LogP contribution in [0.2, 0.25) is 0 Å². The summed E-state index contributed by atoms with van der Waals surface area (Å²) in [6, 6.07) is 17.9. The van der Waals surface area contributed by atoms with E-state index in [-0.39, 0.29) is 23.8 Å². The minimum atomic E-state index is -0.310. The van der Waals surface area contributed by atoms with Crippen molar-refractivity contribution < 1.29 is 19.1 Å². The highest BCUT2D eigenvalue weighted by molar-refractivity contribution is 5.89. The van der Waals surface area contributed by atoms with Crippen LogP contribution in [0.5, 0.6) is 0 Å². The van der Waals surface area contributed by atoms with Crippen LogP contribution in [0.1, 0.15) is 41.0 Å². The Morgan fingerprint density at radius 3 is 1.44 bits per heavy atom. The molecule has 0 saturated carbocycles. The predicted octanol–water partition coefficient (Wildman–Crippen LogP) is 4.36. The van der Waals surface area contributed by atoms with Crippen LogP contribution in [0.25, 0.3) is 0 Å². The van der Waals surface area contributed by atoms with Crippen molar-refractivity contribution in [1.29, 1.82) is 0 Å². The molecule has 0 fully saturated rings. The molecular weight excluding hydrogens is 316 g/mol. The summed E-state index contributed by atoms with van der Waals surface area (Å²) >= 11 is 0. The Bertz CT molecular complexity index is 607. The first-order valence-corrected chi connectivity index (χ1v) is 8.50. The lowest BCUT2D eigenvalue weighted by Gasteiger charge is -2.17. The van der Waals surface area contributed by atoms with Crippen molar-refractivity contribution in [2.24, 2.45) is 11.8 Å². The Morgan fingerprint density at radius 2 is 1.08 bits per heavy atom. The first-order valence-electron chi connectivity index (χ1n) is 8.50. The number of carbonyl (C=O) groups excluding carboxylic acids is 2. The van der Waals surface area contributed by atoms with Gasteiger partial charge in [-0.05, 0) is 42.5 Å². The summed E-state index contributed by atoms with van der Waals surface area (Å²) in [5.41, 5.74) is 1.11. The van der Waals surface area contributed by atoms with E-state index in [0.29, 0.717) is 24.3 Å². The number of ether oxygens (including phenoxy) is 2. The molecule has 2 rings (SSSR count). The lowest BCUT2D eigenvalue weighted by Crippen LogP contribution is -2.18. The van der Waals surface area contributed by atoms with Crippen LogP contribution >= 0.6 is 0 Å². The molecule has 4 heteroatoms. The molecule has 0 saturated heterocycles. The van der Waals surface area contributed by atoms with Crippen LogP contribution in [0, 0.1) is 11.8 Å². The van der Waals surface area contributed by atoms with E-state index >= 15 is 0 Å². The summed E-state index contributed by atoms with van der Waals surface area (Å²) in [4.78, 5) is 23.8. The van der Waals surface area contributed by atoms with E-state index in [1.807, 2.05) is 50.2 Å². The van der Waals surface area contributed by atoms with Crippen LogP contribution in [0.3, 0.4) is 0 Å². The van der Waals surface area contributed by atoms with Crippen LogP contribution in [-0.2, 0) is 9.47 Å². The molecule has 0 radical (unpaired) electrons. The van der Waals surface area contributed by atoms with Crippen LogP contribution in [0.4, 0.5) is 0 Å². The Hall–Kier alpha value is -2.62. The second-order valence-corrected chi connectivity index (χ2v) is 6.38. The molecule has 0 heterocycles. The van der Waals surface area contributed by atoms with E-state index in [0.717, 1.165) is 6.42 Å². The molecule has 0 N–H and O–H groups in total. The largest absolute Gasteiger partial charge is 0.462 e. The third-order valence-corrected chi connectivity index (χ3v) is 3.82. The maximum atomic E-state index is 11.9. The van der Waals surface area contributed by atoms with E-state index in [4.69, 9.17) is 9.47 Å². The van der Waals surface area contributed by atoms with Gasteiger partial charge in [0.1, 0.15) is 0 Å². The smallest absolute Gasteiger partial charge is 0.338 e. The summed E-state index contributed by atoms with van der Waals surface area (Å²) in [6.45, 7) is 4.75. The average molecular weight is 340 g/mol. The molecule has 0 aliphatic carbocycles. The third kappa shape index (κ3) is 6.42. The Labute approximate surface area is 148 Å². The van der Waals surface area contributed by atoms with E-state index in [9.17, 15) is 9.59 Å². The maximum absolute atomic E-state index is 11.9. The van der Waals surface area contributed by atoms with Crippen LogP contribution in [0.15, 0.2) is 60.7 Å². The first kappa shape index (κ1) is 18.7. The van der Waals surface area contributed by atoms with E-state index in [1.165, 1.54) is 0 Å². The highest BCUT2D eigenvalue weighted by Crippen LogP contribution is 2.14. The Balaban J connectivity index is 1.68. The zero-order valence-corrected chi connectivity index (χ0v) is 14.7. The molecule has 2 atom stereocenters. The molecule has 0 amide bonds. The number of benzene rings is 2. The standard InChI is InChI=1S/C21H24O4/c1-16(14-24-20(22)18-9-5-3-6-10-18)13-17(2)15-25-21(23)19-11-7-4-8-12-19/h3-12,16-17H,13-15H2,1-2H3. The van der Waals surface area contributed by atoms with Gasteiger partial charge in [0.2, 0.25) is 0 Å². The highest BCUT2D eigenvalue weighted by atomic mass is 16.5. The fourth-order valence-electron chi connectivity index (χ4n) is 2.57. The number of esters is 2. The lowest BCUT2D eigenvalue weighted by molar-refractivity contribution is 0.0376. The average Bonchev–Trinajstić information content (AvgIpc) is 2.65. The molecule has 25 heavy (non-hydrogen) atoms. The summed E-state index contributed by atoms with van der Waals surface area (Å²) in [5.74, 6) is -0.234. The molecule has 0 aliphatic rings. The van der Waals surface area contributed by atoms with Gasteiger partial charge >= 0.3 is 11.9 Å². The van der Waals surface area contributed by atoms with Gasteiger partial charge in [-0.15, -0.1) is 0 Å². The molecular formula is C21H24O4. The highest BCUT2D eigenvalue weighted by Gasteiger charge is 2.15. The molecule has 2 unspecified atom stereocenters. The van der Waals surface area contributed by atoms with Gasteiger partial charge in [-0.2, -0.15) is 0 Å². The predicted molar refractivity (Wildman–Crippen MR) is 96.4 cm³/mol. The first-order chi connectivity index (χ1) is 12.1. The molecule has 4 nitrogen and oxygen atoms in total. The molecule has 0 spiro atoms. The molecule has 2 aromatic carbocycles. The van der Waals surface area contributed by atoms with Gasteiger partial charge < -0.3 is 9.47 Å². The van der Waals surface area contributed by atoms with Crippen molar-refractivity contribution >= 4 is 11.9 Å². The minimum Gasteiger partial charge on any atom is -0.462 e. The van der Waals surface area contributed by atoms with Gasteiger partial charge in [0.25, 0.3) is 0 Å². The van der Waals surface area contributed by atoms with Gasteiger partial charge in [0, 0.05) is 0 Å². The molecule has 0 aliphatic heterocycles. The second kappa shape index (κ2) is 9.62. The zero-order valence-electron chi connectivity index (χ0n) is 14.7. The van der Waals surface area contributed by atoms with Gasteiger partial charge in [-0.3, -0.25) is 0 Å². The number of hydrogen-bond donors (Lipinski definition) is 0. The van der Waals surface area contributed by atoms with Crippen molar-refractivity contribution in [2.45, 2.75) is 20.3 Å². The Morgan fingerprint density at radius 1 is 0.720 bits per heavy atom. The summed E-state index contributed by atoms with van der Waals surface area (Å²) < 4.78 is 10.7. The molecule has 2 aromatic rings. The van der Waals surface area contributed by atoms with Gasteiger partial charge in [0.15, 0.2) is 0 Å². The van der Waals surface area contributed by atoms with Crippen molar-refractivity contribution in [3.63, 3.8) is 0 Å². The number of hydrogen-bond acceptors (Lipinski definition) is 4. The molecule has 132 valence electrons. The minimum absolute atomic E-state index is 0.193. The fraction of sp³-hybridized carbons (Fsp3) is 0.333. The molecule has 0 aromatic heterocycles. The summed E-state index contributed by atoms with van der Waals surface area (Å²) in [5, 5.41) is 0. The monoisotopic (exact) mass is 340 g/mol. The lowest BCUT2D eigenvalue weighted by atomic mass is 9.99. The van der Waals surface area contributed by atoms with E-state index in [1.54, 1.807) is 24.3 Å². The fourth-order valence-corrected chi connectivity index (χ4v) is 2.57. The Kier molecular flexibility index (Phi) is 7.20. The van der Waals surface area contributed by atoms with Crippen molar-refractivity contribution in [1.82, 2.24) is 0 Å². The quantitative estimate of drug-likeness (QED) is 0.670. The number of rotatable bonds is 8. The van der Waals surface area contributed by atoms with Crippen molar-refractivity contribution in [3.8, 4) is 0 Å². The van der Waals surface area contributed by atoms with E-state index in [2.05, 4.69) is 0 Å². The number of carbonyl (C=O) groups is 2. The van der Waals surface area contributed by atoms with Gasteiger partial charge in [-0.25, -0.2) is 9.59 Å². The second-order valence-electron chi connectivity index (χ2n) is 6.38. The summed E-state index contributed by atoms with van der Waals surface area (Å²) in [7, 11) is 0. The topological polar surface area (TPSA) is 52.6 Å². The van der Waals surface area contributed by atoms with Gasteiger partial charge in [0.05, 0.1) is 24.3 Å². The summed E-state index contributed by atoms with van der Waals surface area (Å²) in [6.07, 6.45) is 0.810. The van der Waals surface area contributed by atoms with Gasteiger partial charge in [-0.1, -0.05) is 50.2 Å². The van der Waals surface area contributed by atoms with E-state index < -0.39 is 0 Å². The SMILES string of the molecule is CC(COC(=O)c1ccccc1)CC(C)COC(=O)c1ccccc1. The third-order valence-electron chi connectivity index (χ3n) is 3.82. The van der Waals surface area contributed by atoms with Crippen LogP contribution in [-0.4, -0.2) is 25.2 Å². The normalized spacial score (nSPS) is 12.9. The van der Waals surface area contributed by atoms with Crippen molar-refractivity contribution in [2.75, 3.05) is 13.2 Å². The van der Waals surface area contributed by atoms with Crippen LogP contribution < -0.4 is 0 Å². The van der Waals surface area contributed by atoms with Crippen molar-refractivity contribution in [3.05, 3.63) is 71.8 Å². The molecule has 0 bridgehead atoms. The maximum Gasteiger partial charge on any atom is 0.338 e. The zero-order chi connectivity index (χ0) is 18.1.